The summed E-state index contributed by atoms with van der Waals surface area (Å²) in [5.41, 5.74) is 0. The fraction of sp³-hybridized carbons (Fsp3) is 0.787. The highest BCUT2D eigenvalue weighted by atomic mass is 31.2. The van der Waals surface area contributed by atoms with Gasteiger partial charge in [-0.1, -0.05) is 255 Å². The van der Waals surface area contributed by atoms with Crippen molar-refractivity contribution in [3.8, 4) is 0 Å². The van der Waals surface area contributed by atoms with E-state index in [1.165, 1.54) is 103 Å². The number of ether oxygens (including phenoxy) is 4. The predicted molar refractivity (Wildman–Crippen MR) is 381 cm³/mol. The Morgan fingerprint density at radius 2 is 0.553 bits per heavy atom. The van der Waals surface area contributed by atoms with Gasteiger partial charge in [-0.15, -0.1) is 0 Å². The van der Waals surface area contributed by atoms with Crippen LogP contribution in [0.25, 0.3) is 0 Å². The van der Waals surface area contributed by atoms with Crippen molar-refractivity contribution in [2.45, 2.75) is 341 Å². The second kappa shape index (κ2) is 68.0. The standard InChI is InChI=1S/C75H134O17P2/c1-5-9-13-17-21-25-29-32-34-37-41-44-48-52-56-60-73(78)86-66-71(92-75(80)62-58-54-50-46-42-38-35-33-30-26-22-18-14-10-6-2)68-90-94(83,84)88-64-69(76)63-87-93(81,82)89-67-70(91-74(79)61-57-53-49-45-39-28-24-20-16-12-8-4)65-85-72(77)59-55-51-47-43-40-36-31-27-23-19-15-11-7-3/h9,13,21,25,27,31-35,41,44,69-71,76H,5-8,10-12,14-20,22-24,26,28-30,36-40,42-43,45-68H2,1-4H3,(H,81,82)(H,83,84)/b13-9-,25-21-,31-27-,34-32-,35-33-,44-41-. The molecule has 0 aromatic heterocycles. The number of hydrogen-bond acceptors (Lipinski definition) is 15. The Balaban J connectivity index is 5.35. The number of unbranched alkanes of at least 4 members (excludes halogenated alkanes) is 32. The molecular weight excluding hydrogens is 1230 g/mol. The van der Waals surface area contributed by atoms with Crippen LogP contribution < -0.4 is 0 Å². The molecule has 0 aliphatic heterocycles. The average Bonchev–Trinajstić information content (AvgIpc) is 1.36. The quantitative estimate of drug-likeness (QED) is 0.0169. The van der Waals surface area contributed by atoms with E-state index in [0.29, 0.717) is 25.7 Å². The van der Waals surface area contributed by atoms with Gasteiger partial charge in [0.05, 0.1) is 26.4 Å². The lowest BCUT2D eigenvalue weighted by molar-refractivity contribution is -0.161. The third kappa shape index (κ3) is 67.1. The summed E-state index contributed by atoms with van der Waals surface area (Å²) in [6.45, 7) is 4.69. The normalized spacial score (nSPS) is 14.4. The monoisotopic (exact) mass is 1370 g/mol. The molecule has 17 nitrogen and oxygen atoms in total. The number of aliphatic hydroxyl groups excluding tert-OH is 1. The summed E-state index contributed by atoms with van der Waals surface area (Å²) >= 11 is 0. The molecule has 94 heavy (non-hydrogen) atoms. The summed E-state index contributed by atoms with van der Waals surface area (Å²) in [6, 6.07) is 0. The van der Waals surface area contributed by atoms with Crippen molar-refractivity contribution in [3.05, 3.63) is 72.9 Å². The molecule has 0 aromatic carbocycles. The van der Waals surface area contributed by atoms with Crippen molar-refractivity contribution in [2.75, 3.05) is 39.6 Å². The minimum absolute atomic E-state index is 0.0781. The Hall–Kier alpha value is -3.50. The first-order valence-electron chi connectivity index (χ1n) is 37.2. The molecule has 0 radical (unpaired) electrons. The van der Waals surface area contributed by atoms with Crippen LogP contribution in [0.4, 0.5) is 0 Å². The van der Waals surface area contributed by atoms with Crippen LogP contribution in [-0.2, 0) is 65.4 Å². The SMILES string of the molecule is CC/C=C\C/C=C\C/C=C\C/C=C\CCCCC(=O)OCC(COP(=O)(O)OCC(O)COP(=O)(O)OCC(COC(=O)CCCCCCC/C=C\CCCCCC)OC(=O)CCCCCCCCCCCCC)OC(=O)CCCCCCC/C=C\CCCCCCCC. The third-order valence-electron chi connectivity index (χ3n) is 15.7. The number of allylic oxidation sites excluding steroid dienone is 12. The number of carbonyl (C=O) groups excluding carboxylic acids is 4. The van der Waals surface area contributed by atoms with Crippen LogP contribution in [0.1, 0.15) is 323 Å². The van der Waals surface area contributed by atoms with Crippen molar-refractivity contribution in [1.82, 2.24) is 0 Å². The van der Waals surface area contributed by atoms with Gasteiger partial charge in [0.2, 0.25) is 0 Å². The minimum Gasteiger partial charge on any atom is -0.462 e. The van der Waals surface area contributed by atoms with Gasteiger partial charge in [0.1, 0.15) is 19.3 Å². The molecule has 0 rings (SSSR count). The molecule has 5 atom stereocenters. The zero-order valence-corrected chi connectivity index (χ0v) is 61.2. The molecule has 5 unspecified atom stereocenters. The summed E-state index contributed by atoms with van der Waals surface area (Å²) in [5.74, 6) is -2.22. The van der Waals surface area contributed by atoms with E-state index in [2.05, 4.69) is 101 Å². The lowest BCUT2D eigenvalue weighted by Crippen LogP contribution is -2.30. The van der Waals surface area contributed by atoms with Crippen LogP contribution in [0.3, 0.4) is 0 Å². The molecule has 0 aromatic rings. The summed E-state index contributed by atoms with van der Waals surface area (Å²) < 4.78 is 68.3. The molecule has 0 aliphatic carbocycles. The van der Waals surface area contributed by atoms with E-state index in [4.69, 9.17) is 37.0 Å². The van der Waals surface area contributed by atoms with Crippen molar-refractivity contribution in [1.29, 1.82) is 0 Å². The number of phosphoric ester groups is 2. The van der Waals surface area contributed by atoms with E-state index >= 15 is 0 Å². The summed E-state index contributed by atoms with van der Waals surface area (Å²) in [5, 5.41) is 10.6. The van der Waals surface area contributed by atoms with Crippen LogP contribution in [0.5, 0.6) is 0 Å². The number of phosphoric acid groups is 2. The van der Waals surface area contributed by atoms with Gasteiger partial charge in [-0.3, -0.25) is 37.3 Å². The predicted octanol–water partition coefficient (Wildman–Crippen LogP) is 20.9. The van der Waals surface area contributed by atoms with Crippen molar-refractivity contribution in [3.63, 3.8) is 0 Å². The minimum atomic E-state index is -4.98. The zero-order chi connectivity index (χ0) is 69.0. The average molecular weight is 1370 g/mol. The second-order valence-electron chi connectivity index (χ2n) is 24.9. The highest BCUT2D eigenvalue weighted by Crippen LogP contribution is 2.45. The number of hydrogen-bond donors (Lipinski definition) is 3. The van der Waals surface area contributed by atoms with Gasteiger partial charge in [-0.25, -0.2) is 9.13 Å². The van der Waals surface area contributed by atoms with Crippen LogP contribution in [0, 0.1) is 0 Å². The smallest absolute Gasteiger partial charge is 0.462 e. The molecule has 0 saturated heterocycles. The number of carbonyl (C=O) groups is 4. The molecular formula is C75H134O17P2. The summed E-state index contributed by atoms with van der Waals surface area (Å²) in [6.07, 6.45) is 66.2. The van der Waals surface area contributed by atoms with Crippen molar-refractivity contribution < 1.29 is 80.2 Å². The Morgan fingerprint density at radius 1 is 0.309 bits per heavy atom. The molecule has 0 amide bonds. The molecule has 0 fully saturated rings. The van der Waals surface area contributed by atoms with Gasteiger partial charge in [-0.2, -0.15) is 0 Å². The van der Waals surface area contributed by atoms with Gasteiger partial charge in [0, 0.05) is 25.7 Å². The maximum atomic E-state index is 13.0. The first kappa shape index (κ1) is 90.5. The molecule has 546 valence electrons. The summed E-state index contributed by atoms with van der Waals surface area (Å²) in [7, 11) is -9.94. The van der Waals surface area contributed by atoms with Crippen molar-refractivity contribution in [2.24, 2.45) is 0 Å². The number of rotatable bonds is 70. The van der Waals surface area contributed by atoms with E-state index in [1.807, 2.05) is 0 Å². The lowest BCUT2D eigenvalue weighted by atomic mass is 10.1. The van der Waals surface area contributed by atoms with Gasteiger partial charge in [0.25, 0.3) is 0 Å². The molecule has 19 heteroatoms. The molecule has 0 spiro atoms. The Bertz CT molecular complexity index is 2070. The first-order chi connectivity index (χ1) is 45.7. The molecule has 3 N–H and O–H groups in total. The topological polar surface area (TPSA) is 237 Å². The van der Waals surface area contributed by atoms with Gasteiger partial charge in [-0.05, 0) is 116 Å². The molecule has 0 saturated carbocycles. The number of esters is 4. The first-order valence-corrected chi connectivity index (χ1v) is 40.2. The largest absolute Gasteiger partial charge is 0.472 e. The third-order valence-corrected chi connectivity index (χ3v) is 17.6. The van der Waals surface area contributed by atoms with E-state index in [0.717, 1.165) is 141 Å². The molecule has 0 heterocycles. The van der Waals surface area contributed by atoms with Gasteiger partial charge >= 0.3 is 39.5 Å². The van der Waals surface area contributed by atoms with Crippen LogP contribution in [0.2, 0.25) is 0 Å². The fourth-order valence-corrected chi connectivity index (χ4v) is 11.5. The Morgan fingerprint density at radius 3 is 0.894 bits per heavy atom. The second-order valence-corrected chi connectivity index (χ2v) is 27.8. The van der Waals surface area contributed by atoms with Gasteiger partial charge in [0.15, 0.2) is 12.2 Å². The maximum Gasteiger partial charge on any atom is 0.472 e. The Labute approximate surface area is 571 Å². The lowest BCUT2D eigenvalue weighted by Gasteiger charge is -2.21. The van der Waals surface area contributed by atoms with E-state index < -0.39 is 97.5 Å². The van der Waals surface area contributed by atoms with Crippen molar-refractivity contribution >= 4 is 39.5 Å². The maximum absolute atomic E-state index is 13.0. The van der Waals surface area contributed by atoms with E-state index in [-0.39, 0.29) is 25.7 Å². The van der Waals surface area contributed by atoms with Gasteiger partial charge < -0.3 is 33.8 Å². The van der Waals surface area contributed by atoms with Crippen LogP contribution >= 0.6 is 15.6 Å². The van der Waals surface area contributed by atoms with Crippen LogP contribution in [-0.4, -0.2) is 96.7 Å². The van der Waals surface area contributed by atoms with E-state index in [9.17, 15) is 43.2 Å². The fourth-order valence-electron chi connectivity index (χ4n) is 9.97. The van der Waals surface area contributed by atoms with Crippen LogP contribution in [0.15, 0.2) is 72.9 Å². The number of aliphatic hydroxyl groups is 1. The zero-order valence-electron chi connectivity index (χ0n) is 59.4. The molecule has 0 aliphatic rings. The highest BCUT2D eigenvalue weighted by Gasteiger charge is 2.30. The summed E-state index contributed by atoms with van der Waals surface area (Å²) in [4.78, 5) is 72.7. The Kier molecular flexibility index (Phi) is 65.5. The highest BCUT2D eigenvalue weighted by molar-refractivity contribution is 7.47. The molecule has 0 bridgehead atoms. The van der Waals surface area contributed by atoms with E-state index in [1.54, 1.807) is 0 Å².